The Labute approximate surface area is 184 Å². The largest absolute Gasteiger partial charge is 0.393 e. The first-order valence-corrected chi connectivity index (χ1v) is 11.9. The molecule has 1 fully saturated rings. The van der Waals surface area contributed by atoms with Crippen LogP contribution >= 0.6 is 0 Å². The third-order valence-electron chi connectivity index (χ3n) is 8.63. The van der Waals surface area contributed by atoms with Crippen LogP contribution in [0.1, 0.15) is 57.4 Å². The number of benzene rings is 1. The van der Waals surface area contributed by atoms with Crippen molar-refractivity contribution in [3.8, 4) is 0 Å². The number of hydrogen-bond acceptors (Lipinski definition) is 3. The molecule has 31 heavy (non-hydrogen) atoms. The summed E-state index contributed by atoms with van der Waals surface area (Å²) in [5.74, 6) is 1.03. The molecule has 0 amide bonds. The predicted octanol–water partition coefficient (Wildman–Crippen LogP) is 5.59. The molecule has 2 N–H and O–H groups in total. The van der Waals surface area contributed by atoms with E-state index in [1.165, 1.54) is 38.6 Å². The van der Waals surface area contributed by atoms with Crippen molar-refractivity contribution in [2.75, 3.05) is 0 Å². The van der Waals surface area contributed by atoms with Gasteiger partial charge in [0.15, 0.2) is 0 Å². The van der Waals surface area contributed by atoms with Crippen molar-refractivity contribution >= 4 is 16.3 Å². The van der Waals surface area contributed by atoms with Crippen molar-refractivity contribution in [2.45, 2.75) is 64.1 Å². The fourth-order valence-corrected chi connectivity index (χ4v) is 7.06. The fraction of sp³-hybridized carbons (Fsp3) is 0.464. The summed E-state index contributed by atoms with van der Waals surface area (Å²) in [5, 5.41) is 24.0. The van der Waals surface area contributed by atoms with Crippen LogP contribution in [0.15, 0.2) is 65.5 Å². The molecule has 6 rings (SSSR count). The first-order valence-electron chi connectivity index (χ1n) is 11.9. The van der Waals surface area contributed by atoms with E-state index in [0.29, 0.717) is 11.8 Å². The van der Waals surface area contributed by atoms with Crippen molar-refractivity contribution in [3.05, 3.63) is 71.1 Å². The lowest BCUT2D eigenvalue weighted by Gasteiger charge is -2.44. The van der Waals surface area contributed by atoms with Crippen molar-refractivity contribution in [1.82, 2.24) is 4.98 Å². The van der Waals surface area contributed by atoms with E-state index in [2.05, 4.69) is 48.3 Å². The van der Waals surface area contributed by atoms with Gasteiger partial charge in [-0.1, -0.05) is 48.4 Å². The molecule has 1 aromatic carbocycles. The van der Waals surface area contributed by atoms with E-state index in [9.17, 15) is 10.2 Å². The molecule has 0 radical (unpaired) electrons. The summed E-state index contributed by atoms with van der Waals surface area (Å²) >= 11 is 0. The molecule has 4 aliphatic rings. The third-order valence-corrected chi connectivity index (χ3v) is 8.63. The fourth-order valence-electron chi connectivity index (χ4n) is 7.06. The minimum Gasteiger partial charge on any atom is -0.393 e. The highest BCUT2D eigenvalue weighted by Gasteiger charge is 2.49. The molecule has 0 spiro atoms. The van der Waals surface area contributed by atoms with Gasteiger partial charge in [0.05, 0.1) is 12.2 Å². The number of fused-ring (bicyclic) bond motifs is 4. The minimum atomic E-state index is -0.431. The maximum atomic E-state index is 11.4. The molecule has 0 bridgehead atoms. The third kappa shape index (κ3) is 2.97. The number of rotatable bonds is 1. The molecule has 2 aromatic rings. The molecule has 1 aromatic heterocycles. The molecule has 1 heterocycles. The van der Waals surface area contributed by atoms with Crippen LogP contribution < -0.4 is 0 Å². The summed E-state index contributed by atoms with van der Waals surface area (Å²) in [6.07, 6.45) is 14.7. The maximum Gasteiger partial charge on any atom is 0.0798 e. The number of pyridine rings is 1. The maximum absolute atomic E-state index is 11.4. The highest BCUT2D eigenvalue weighted by Crippen LogP contribution is 2.60. The highest BCUT2D eigenvalue weighted by atomic mass is 16.3. The molecule has 0 saturated heterocycles. The average Bonchev–Trinajstić information content (AvgIpc) is 2.98. The van der Waals surface area contributed by atoms with Crippen molar-refractivity contribution in [3.63, 3.8) is 0 Å². The van der Waals surface area contributed by atoms with Crippen LogP contribution in [-0.4, -0.2) is 27.4 Å². The zero-order valence-electron chi connectivity index (χ0n) is 18.2. The summed E-state index contributed by atoms with van der Waals surface area (Å²) in [7, 11) is 0. The van der Waals surface area contributed by atoms with Crippen molar-refractivity contribution in [2.24, 2.45) is 17.3 Å². The van der Waals surface area contributed by atoms with Crippen LogP contribution in [0.4, 0.5) is 0 Å². The number of aromatic nitrogens is 1. The summed E-state index contributed by atoms with van der Waals surface area (Å²) in [4.78, 5) is 4.31. The zero-order chi connectivity index (χ0) is 21.2. The smallest absolute Gasteiger partial charge is 0.0798 e. The van der Waals surface area contributed by atoms with E-state index in [0.717, 1.165) is 44.9 Å². The average molecular weight is 414 g/mol. The molecule has 3 heteroatoms. The lowest BCUT2D eigenvalue weighted by atomic mass is 9.61. The Kier molecular flexibility index (Phi) is 4.49. The van der Waals surface area contributed by atoms with E-state index in [1.54, 1.807) is 0 Å². The monoisotopic (exact) mass is 413 g/mol. The Bertz CT molecular complexity index is 1140. The summed E-state index contributed by atoms with van der Waals surface area (Å²) in [6.45, 7) is 2.37. The topological polar surface area (TPSA) is 53.4 Å². The molecule has 5 unspecified atom stereocenters. The Balaban J connectivity index is 1.42. The standard InChI is InChI=1S/C28H31NO2/c1-28-15-27(31)24-14-19-13-20(30)7-5-17(19)6-8-23(24)26(28)10-9-25(28)22-4-2-3-18-16-29-12-11-21(18)22/h2-4,9,11-12,14,16-17,20,26-27,30-31H,5-8,10,13,15H2,1H3. The van der Waals surface area contributed by atoms with Crippen molar-refractivity contribution in [1.29, 1.82) is 0 Å². The van der Waals surface area contributed by atoms with Gasteiger partial charge in [0.2, 0.25) is 0 Å². The van der Waals surface area contributed by atoms with Gasteiger partial charge in [0, 0.05) is 23.2 Å². The number of nitrogens with zero attached hydrogens (tertiary/aromatic N) is 1. The molecule has 0 aliphatic heterocycles. The Morgan fingerprint density at radius 2 is 2.00 bits per heavy atom. The van der Waals surface area contributed by atoms with E-state index in [4.69, 9.17) is 0 Å². The summed E-state index contributed by atoms with van der Waals surface area (Å²) in [5.41, 5.74) is 6.66. The van der Waals surface area contributed by atoms with Crippen LogP contribution in [0.5, 0.6) is 0 Å². The Hall–Kier alpha value is -2.23. The molecular weight excluding hydrogens is 382 g/mol. The van der Waals surface area contributed by atoms with E-state index in [1.807, 2.05) is 12.4 Å². The normalized spacial score (nSPS) is 35.1. The van der Waals surface area contributed by atoms with Gasteiger partial charge in [-0.25, -0.2) is 0 Å². The van der Waals surface area contributed by atoms with Crippen LogP contribution in [-0.2, 0) is 0 Å². The van der Waals surface area contributed by atoms with Gasteiger partial charge in [0.25, 0.3) is 0 Å². The number of aliphatic hydroxyl groups is 2. The van der Waals surface area contributed by atoms with Gasteiger partial charge >= 0.3 is 0 Å². The van der Waals surface area contributed by atoms with Gasteiger partial charge in [-0.3, -0.25) is 4.98 Å². The highest BCUT2D eigenvalue weighted by molar-refractivity contribution is 5.95. The van der Waals surface area contributed by atoms with Gasteiger partial charge in [0.1, 0.15) is 0 Å². The molecule has 4 aliphatic carbocycles. The lowest BCUT2D eigenvalue weighted by Crippen LogP contribution is -2.37. The second-order valence-electron chi connectivity index (χ2n) is 10.3. The van der Waals surface area contributed by atoms with E-state index < -0.39 is 6.10 Å². The number of allylic oxidation sites excluding steroid dienone is 3. The van der Waals surface area contributed by atoms with Gasteiger partial charge in [-0.15, -0.1) is 0 Å². The second-order valence-corrected chi connectivity index (χ2v) is 10.3. The van der Waals surface area contributed by atoms with Crippen molar-refractivity contribution < 1.29 is 10.2 Å². The molecule has 3 nitrogen and oxygen atoms in total. The molecule has 160 valence electrons. The first kappa shape index (κ1) is 19.5. The molecule has 1 saturated carbocycles. The zero-order valence-corrected chi connectivity index (χ0v) is 18.2. The number of hydrogen-bond donors (Lipinski definition) is 2. The van der Waals surface area contributed by atoms with E-state index in [-0.39, 0.29) is 11.5 Å². The lowest BCUT2D eigenvalue weighted by molar-refractivity contribution is 0.124. The Morgan fingerprint density at radius 3 is 2.90 bits per heavy atom. The van der Waals surface area contributed by atoms with Crippen LogP contribution in [0.25, 0.3) is 16.3 Å². The summed E-state index contributed by atoms with van der Waals surface area (Å²) in [6, 6.07) is 8.62. The summed E-state index contributed by atoms with van der Waals surface area (Å²) < 4.78 is 0. The van der Waals surface area contributed by atoms with Crippen LogP contribution in [0.3, 0.4) is 0 Å². The number of aliphatic hydroxyl groups excluding tert-OH is 2. The van der Waals surface area contributed by atoms with Crippen LogP contribution in [0.2, 0.25) is 0 Å². The van der Waals surface area contributed by atoms with Gasteiger partial charge in [-0.2, -0.15) is 0 Å². The minimum absolute atomic E-state index is 0.0522. The van der Waals surface area contributed by atoms with Gasteiger partial charge in [-0.05, 0) is 84.9 Å². The first-order chi connectivity index (χ1) is 15.0. The van der Waals surface area contributed by atoms with Crippen LogP contribution in [0, 0.1) is 17.3 Å². The molecule has 5 atom stereocenters. The quantitative estimate of drug-likeness (QED) is 0.641. The van der Waals surface area contributed by atoms with E-state index >= 15 is 0 Å². The predicted molar refractivity (Wildman–Crippen MR) is 124 cm³/mol. The second kappa shape index (κ2) is 7.15. The molecular formula is C28H31NO2. The SMILES string of the molecule is CC12CC(O)C3=C(CCC4CCC(O)CC4=C3)C1CC=C2c1cccc2cnccc12. The Morgan fingerprint density at radius 1 is 1.10 bits per heavy atom. The van der Waals surface area contributed by atoms with Gasteiger partial charge < -0.3 is 10.2 Å².